The van der Waals surface area contributed by atoms with E-state index in [9.17, 15) is 13.2 Å². The lowest BCUT2D eigenvalue weighted by Gasteiger charge is -2.33. The molecule has 1 heterocycles. The van der Waals surface area contributed by atoms with Gasteiger partial charge in [-0.25, -0.2) is 12.7 Å². The number of ether oxygens (including phenoxy) is 1. The predicted octanol–water partition coefficient (Wildman–Crippen LogP) is 1.13. The Kier molecular flexibility index (Phi) is 12.4. The second kappa shape index (κ2) is 12.7. The molecule has 154 valence electrons. The van der Waals surface area contributed by atoms with Crippen molar-refractivity contribution in [2.75, 3.05) is 52.6 Å². The molecule has 0 aromatic rings. The highest BCUT2D eigenvalue weighted by Crippen LogP contribution is 2.18. The molecule has 0 aromatic carbocycles. The van der Waals surface area contributed by atoms with Gasteiger partial charge in [-0.1, -0.05) is 0 Å². The highest BCUT2D eigenvalue weighted by Gasteiger charge is 2.26. The molecule has 1 aliphatic heterocycles. The average Bonchev–Trinajstić information content (AvgIpc) is 2.63. The molecule has 0 unspecified atom stereocenters. The summed E-state index contributed by atoms with van der Waals surface area (Å²) in [5, 5.41) is 3.27. The third-order valence-electron chi connectivity index (χ3n) is 4.40. The van der Waals surface area contributed by atoms with E-state index in [0.29, 0.717) is 19.5 Å². The Hall–Kier alpha value is -0.620. The van der Waals surface area contributed by atoms with Gasteiger partial charge in [-0.2, -0.15) is 0 Å². The van der Waals surface area contributed by atoms with Crippen molar-refractivity contribution < 1.29 is 17.9 Å². The fourth-order valence-electron chi connectivity index (χ4n) is 2.76. The minimum absolute atomic E-state index is 0. The molecule has 1 N–H and O–H groups in total. The number of hydrogen-bond acceptors (Lipinski definition) is 5. The maximum atomic E-state index is 11.7. The number of aliphatic imine (C=N–C) groups is 1. The van der Waals surface area contributed by atoms with Gasteiger partial charge in [0.25, 0.3) is 0 Å². The van der Waals surface area contributed by atoms with E-state index in [2.05, 4.69) is 15.2 Å². The summed E-state index contributed by atoms with van der Waals surface area (Å²) >= 11 is 0. The Labute approximate surface area is 174 Å². The van der Waals surface area contributed by atoms with Crippen molar-refractivity contribution >= 4 is 45.9 Å². The number of rotatable bonds is 8. The van der Waals surface area contributed by atoms with Gasteiger partial charge in [0.15, 0.2) is 5.96 Å². The van der Waals surface area contributed by atoms with Crippen LogP contribution in [0.15, 0.2) is 4.99 Å². The third-order valence-corrected chi connectivity index (χ3v) is 6.26. The highest BCUT2D eigenvalue weighted by atomic mass is 127. The molecule has 0 aliphatic carbocycles. The minimum atomic E-state index is -3.13. The second-order valence-corrected chi connectivity index (χ2v) is 8.46. The van der Waals surface area contributed by atoms with Crippen LogP contribution in [-0.4, -0.2) is 82.2 Å². The van der Waals surface area contributed by atoms with E-state index >= 15 is 0 Å². The highest BCUT2D eigenvalue weighted by molar-refractivity contribution is 14.0. The molecule has 0 radical (unpaired) electrons. The van der Waals surface area contributed by atoms with Crippen molar-refractivity contribution in [3.8, 4) is 0 Å². The summed E-state index contributed by atoms with van der Waals surface area (Å²) in [6.07, 6.45) is 2.19. The smallest absolute Gasteiger partial charge is 0.308 e. The van der Waals surface area contributed by atoms with E-state index in [4.69, 9.17) is 4.74 Å². The number of halogens is 1. The number of guanidine groups is 1. The summed E-state index contributed by atoms with van der Waals surface area (Å²) < 4.78 is 29.6. The van der Waals surface area contributed by atoms with Gasteiger partial charge in [0.05, 0.1) is 18.8 Å². The summed E-state index contributed by atoms with van der Waals surface area (Å²) in [7, 11) is -0.102. The summed E-state index contributed by atoms with van der Waals surface area (Å²) in [4.78, 5) is 18.4. The van der Waals surface area contributed by atoms with Crippen molar-refractivity contribution in [3.63, 3.8) is 0 Å². The average molecular weight is 504 g/mol. The van der Waals surface area contributed by atoms with Crippen LogP contribution in [0.4, 0.5) is 0 Å². The number of nitrogens with one attached hydrogen (secondary N) is 1. The van der Waals surface area contributed by atoms with E-state index in [1.54, 1.807) is 14.0 Å². The van der Waals surface area contributed by atoms with Gasteiger partial charge < -0.3 is 15.0 Å². The van der Waals surface area contributed by atoms with Crippen LogP contribution in [0.5, 0.6) is 0 Å². The molecule has 0 aromatic heterocycles. The second-order valence-electron chi connectivity index (χ2n) is 6.10. The topological polar surface area (TPSA) is 91.3 Å². The van der Waals surface area contributed by atoms with Gasteiger partial charge in [0.1, 0.15) is 0 Å². The number of methoxy groups -OCH3 is 1. The van der Waals surface area contributed by atoms with Crippen LogP contribution in [0, 0.1) is 5.92 Å². The standard InChI is InChI=1S/C16H32N4O4S.HI/c1-5-17-16(18-10-7-11-19(3)25(22,23)6-2)20-12-8-14(9-13-20)15(21)24-4;/h14H,5-13H2,1-4H3,(H,17,18);1H. The SMILES string of the molecule is CCNC(=NCCCN(C)S(=O)(=O)CC)N1CCC(C(=O)OC)CC1.I. The van der Waals surface area contributed by atoms with Crippen LogP contribution in [0.2, 0.25) is 0 Å². The predicted molar refractivity (Wildman–Crippen MR) is 114 cm³/mol. The van der Waals surface area contributed by atoms with E-state index in [-0.39, 0.29) is 41.6 Å². The van der Waals surface area contributed by atoms with Gasteiger partial charge in [0, 0.05) is 39.8 Å². The lowest BCUT2D eigenvalue weighted by molar-refractivity contribution is -0.146. The van der Waals surface area contributed by atoms with Crippen LogP contribution >= 0.6 is 24.0 Å². The molecule has 10 heteroatoms. The van der Waals surface area contributed by atoms with Crippen molar-refractivity contribution in [3.05, 3.63) is 0 Å². The molecule has 1 saturated heterocycles. The molecule has 1 aliphatic rings. The van der Waals surface area contributed by atoms with E-state index in [1.165, 1.54) is 11.4 Å². The van der Waals surface area contributed by atoms with Crippen molar-refractivity contribution in [1.82, 2.24) is 14.5 Å². The van der Waals surface area contributed by atoms with Gasteiger partial charge in [-0.15, -0.1) is 24.0 Å². The molecular formula is C16H33IN4O4S. The monoisotopic (exact) mass is 504 g/mol. The van der Waals surface area contributed by atoms with E-state index in [0.717, 1.165) is 38.4 Å². The first-order valence-corrected chi connectivity index (χ1v) is 10.5. The number of nitrogens with zero attached hydrogens (tertiary/aromatic N) is 3. The molecule has 1 rings (SSSR count). The van der Waals surface area contributed by atoms with E-state index in [1.807, 2.05) is 6.92 Å². The van der Waals surface area contributed by atoms with Crippen molar-refractivity contribution in [2.24, 2.45) is 10.9 Å². The Bertz CT molecular complexity index is 548. The lowest BCUT2D eigenvalue weighted by atomic mass is 9.97. The summed E-state index contributed by atoms with van der Waals surface area (Å²) in [5.74, 6) is 0.774. The summed E-state index contributed by atoms with van der Waals surface area (Å²) in [6, 6.07) is 0. The molecule has 0 atom stereocenters. The third kappa shape index (κ3) is 7.95. The zero-order valence-corrected chi connectivity index (χ0v) is 19.4. The zero-order valence-electron chi connectivity index (χ0n) is 16.2. The molecule has 26 heavy (non-hydrogen) atoms. The quantitative estimate of drug-likeness (QED) is 0.175. The molecule has 0 bridgehead atoms. The van der Waals surface area contributed by atoms with Crippen LogP contribution in [0.25, 0.3) is 0 Å². The lowest BCUT2D eigenvalue weighted by Crippen LogP contribution is -2.46. The molecule has 8 nitrogen and oxygen atoms in total. The van der Waals surface area contributed by atoms with Gasteiger partial charge >= 0.3 is 5.97 Å². The summed E-state index contributed by atoms with van der Waals surface area (Å²) in [5.41, 5.74) is 0. The van der Waals surface area contributed by atoms with E-state index < -0.39 is 10.0 Å². The van der Waals surface area contributed by atoms with Crippen molar-refractivity contribution in [1.29, 1.82) is 0 Å². The first-order chi connectivity index (χ1) is 11.9. The first-order valence-electron chi connectivity index (χ1n) is 8.90. The number of piperidine rings is 1. The number of carbonyl (C=O) groups is 1. The Morgan fingerprint density at radius 3 is 2.42 bits per heavy atom. The number of likely N-dealkylation sites (tertiary alicyclic amines) is 1. The number of carbonyl (C=O) groups excluding carboxylic acids is 1. The van der Waals surface area contributed by atoms with Crippen LogP contribution in [0.3, 0.4) is 0 Å². The zero-order chi connectivity index (χ0) is 18.9. The number of esters is 1. The maximum absolute atomic E-state index is 11.7. The molecule has 1 fully saturated rings. The Morgan fingerprint density at radius 2 is 1.92 bits per heavy atom. The number of hydrogen-bond donors (Lipinski definition) is 1. The molecule has 0 amide bonds. The normalized spacial score (nSPS) is 16.3. The van der Waals surface area contributed by atoms with Crippen molar-refractivity contribution in [2.45, 2.75) is 33.1 Å². The Morgan fingerprint density at radius 1 is 1.31 bits per heavy atom. The Balaban J connectivity index is 0.00000625. The largest absolute Gasteiger partial charge is 0.469 e. The fraction of sp³-hybridized carbons (Fsp3) is 0.875. The first kappa shape index (κ1) is 25.4. The number of sulfonamides is 1. The molecular weight excluding hydrogens is 471 g/mol. The van der Waals surface area contributed by atoms with Gasteiger partial charge in [-0.3, -0.25) is 9.79 Å². The van der Waals surface area contributed by atoms with Crippen LogP contribution in [0.1, 0.15) is 33.1 Å². The van der Waals surface area contributed by atoms with Gasteiger partial charge in [0.2, 0.25) is 10.0 Å². The maximum Gasteiger partial charge on any atom is 0.308 e. The molecule has 0 saturated carbocycles. The van der Waals surface area contributed by atoms with Crippen LogP contribution < -0.4 is 5.32 Å². The van der Waals surface area contributed by atoms with Crippen LogP contribution in [-0.2, 0) is 19.6 Å². The summed E-state index contributed by atoms with van der Waals surface area (Å²) in [6.45, 7) is 6.96. The fourth-order valence-corrected chi connectivity index (χ4v) is 3.61. The van der Waals surface area contributed by atoms with Gasteiger partial charge in [-0.05, 0) is 33.1 Å². The molecule has 0 spiro atoms. The minimum Gasteiger partial charge on any atom is -0.469 e.